The van der Waals surface area contributed by atoms with Gasteiger partial charge in [-0.05, 0) is 32.0 Å². The largest absolute Gasteiger partial charge is 0.417 e. The summed E-state index contributed by atoms with van der Waals surface area (Å²) in [5, 5.41) is 3.18. The molecule has 0 unspecified atom stereocenters. The number of ether oxygens (including phenoxy) is 1. The van der Waals surface area contributed by atoms with Gasteiger partial charge in [-0.1, -0.05) is 0 Å². The Morgan fingerprint density at radius 1 is 1.38 bits per heavy atom. The maximum atomic E-state index is 12.8. The topological polar surface area (TPSA) is 51.2 Å². The number of rotatable bonds is 5. The summed E-state index contributed by atoms with van der Waals surface area (Å²) >= 11 is 0. The molecule has 7 heteroatoms. The molecule has 1 aromatic heterocycles. The molecule has 1 saturated heterocycles. The molecule has 1 N–H and O–H groups in total. The summed E-state index contributed by atoms with van der Waals surface area (Å²) in [4.78, 5) is 15.5. The van der Waals surface area contributed by atoms with Crippen molar-refractivity contribution in [2.75, 3.05) is 19.7 Å². The van der Waals surface area contributed by atoms with Crippen molar-refractivity contribution in [3.8, 4) is 0 Å². The number of pyridine rings is 1. The molecule has 0 amide bonds. The molecule has 0 radical (unpaired) electrons. The van der Waals surface area contributed by atoms with Crippen molar-refractivity contribution in [1.82, 2.24) is 10.3 Å². The van der Waals surface area contributed by atoms with Crippen molar-refractivity contribution in [3.05, 3.63) is 29.6 Å². The summed E-state index contributed by atoms with van der Waals surface area (Å²) in [6.45, 7) is 1.86. The fourth-order valence-corrected chi connectivity index (χ4v) is 2.28. The van der Waals surface area contributed by atoms with Crippen LogP contribution in [0.5, 0.6) is 0 Å². The van der Waals surface area contributed by atoms with Gasteiger partial charge in [0.1, 0.15) is 0 Å². The average Bonchev–Trinajstić information content (AvgIpc) is 2.47. The van der Waals surface area contributed by atoms with E-state index in [0.29, 0.717) is 0 Å². The first-order valence-corrected chi connectivity index (χ1v) is 6.85. The lowest BCUT2D eigenvalue weighted by Gasteiger charge is -2.22. The lowest BCUT2D eigenvalue weighted by molar-refractivity contribution is -0.138. The molecule has 0 bridgehead atoms. The highest BCUT2D eigenvalue weighted by Crippen LogP contribution is 2.31. The third-order valence-electron chi connectivity index (χ3n) is 3.40. The second-order valence-corrected chi connectivity index (χ2v) is 4.91. The van der Waals surface area contributed by atoms with Gasteiger partial charge in [0.05, 0.1) is 18.3 Å². The molecule has 0 aromatic carbocycles. The number of aromatic nitrogens is 1. The first kappa shape index (κ1) is 15.9. The molecule has 1 aromatic rings. The summed E-state index contributed by atoms with van der Waals surface area (Å²) in [5.74, 6) is -0.593. The van der Waals surface area contributed by atoms with Crippen LogP contribution in [0.15, 0.2) is 18.5 Å². The number of hydrogen-bond acceptors (Lipinski definition) is 4. The van der Waals surface area contributed by atoms with Crippen LogP contribution in [-0.4, -0.2) is 36.6 Å². The SMILES string of the molecule is O=C(CCOC1CCNCC1)c1cnccc1C(F)(F)F. The van der Waals surface area contributed by atoms with E-state index in [1.54, 1.807) is 0 Å². The number of halogens is 3. The number of ketones is 1. The van der Waals surface area contributed by atoms with E-state index in [9.17, 15) is 18.0 Å². The highest BCUT2D eigenvalue weighted by Gasteiger charge is 2.35. The predicted molar refractivity (Wildman–Crippen MR) is 70.0 cm³/mol. The molecule has 0 aliphatic carbocycles. The molecule has 1 aliphatic heterocycles. The summed E-state index contributed by atoms with van der Waals surface area (Å²) in [6, 6.07) is 0.820. The van der Waals surface area contributed by atoms with E-state index in [1.165, 1.54) is 0 Å². The van der Waals surface area contributed by atoms with Gasteiger partial charge in [-0.3, -0.25) is 9.78 Å². The summed E-state index contributed by atoms with van der Waals surface area (Å²) < 4.78 is 43.9. The minimum atomic E-state index is -4.55. The van der Waals surface area contributed by atoms with Crippen LogP contribution >= 0.6 is 0 Å². The van der Waals surface area contributed by atoms with Crippen molar-refractivity contribution in [1.29, 1.82) is 0 Å². The molecular formula is C14H17F3N2O2. The summed E-state index contributed by atoms with van der Waals surface area (Å²) in [6.07, 6.45) is -0.831. The zero-order valence-corrected chi connectivity index (χ0v) is 11.4. The number of alkyl halides is 3. The van der Waals surface area contributed by atoms with Gasteiger partial charge < -0.3 is 10.1 Å². The number of nitrogens with one attached hydrogen (secondary N) is 1. The quantitative estimate of drug-likeness (QED) is 0.849. The van der Waals surface area contributed by atoms with Crippen molar-refractivity contribution in [2.24, 2.45) is 0 Å². The molecule has 4 nitrogen and oxygen atoms in total. The number of carbonyl (C=O) groups is 1. The molecule has 116 valence electrons. The van der Waals surface area contributed by atoms with Crippen molar-refractivity contribution < 1.29 is 22.7 Å². The van der Waals surface area contributed by atoms with Gasteiger partial charge >= 0.3 is 6.18 Å². The van der Waals surface area contributed by atoms with Gasteiger partial charge in [-0.2, -0.15) is 13.2 Å². The summed E-state index contributed by atoms with van der Waals surface area (Å²) in [5.41, 5.74) is -1.33. The van der Waals surface area contributed by atoms with Crippen LogP contribution in [0.4, 0.5) is 13.2 Å². The van der Waals surface area contributed by atoms with Crippen molar-refractivity contribution >= 4 is 5.78 Å². The van der Waals surface area contributed by atoms with E-state index in [0.717, 1.165) is 44.4 Å². The Kier molecular flexibility index (Phi) is 5.30. The zero-order chi connectivity index (χ0) is 15.3. The van der Waals surface area contributed by atoms with Crippen molar-refractivity contribution in [3.63, 3.8) is 0 Å². The minimum absolute atomic E-state index is 0.0707. The molecule has 0 spiro atoms. The van der Waals surface area contributed by atoms with E-state index in [4.69, 9.17) is 4.74 Å². The van der Waals surface area contributed by atoms with Crippen LogP contribution in [0.25, 0.3) is 0 Å². The Morgan fingerprint density at radius 3 is 2.76 bits per heavy atom. The van der Waals surface area contributed by atoms with E-state index in [2.05, 4.69) is 10.3 Å². The number of carbonyl (C=O) groups excluding carboxylic acids is 1. The number of nitrogens with zero attached hydrogens (tertiary/aromatic N) is 1. The van der Waals surface area contributed by atoms with Crippen LogP contribution in [-0.2, 0) is 10.9 Å². The lowest BCUT2D eigenvalue weighted by Crippen LogP contribution is -2.32. The van der Waals surface area contributed by atoms with Crippen LogP contribution < -0.4 is 5.32 Å². The Balaban J connectivity index is 1.91. The molecule has 2 rings (SSSR count). The molecule has 0 saturated carbocycles. The highest BCUT2D eigenvalue weighted by molar-refractivity contribution is 5.97. The monoisotopic (exact) mass is 302 g/mol. The second kappa shape index (κ2) is 7.00. The number of piperidine rings is 1. The number of hydrogen-bond donors (Lipinski definition) is 1. The Bertz CT molecular complexity index is 485. The molecule has 1 aliphatic rings. The molecule has 21 heavy (non-hydrogen) atoms. The fraction of sp³-hybridized carbons (Fsp3) is 0.571. The molecule has 2 heterocycles. The third kappa shape index (κ3) is 4.50. The van der Waals surface area contributed by atoms with E-state index in [-0.39, 0.29) is 24.7 Å². The van der Waals surface area contributed by atoms with Gasteiger partial charge in [0, 0.05) is 24.4 Å². The third-order valence-corrected chi connectivity index (χ3v) is 3.40. The Hall–Kier alpha value is -1.47. The fourth-order valence-electron chi connectivity index (χ4n) is 2.28. The highest BCUT2D eigenvalue weighted by atomic mass is 19.4. The van der Waals surface area contributed by atoms with Gasteiger partial charge in [-0.15, -0.1) is 0 Å². The summed E-state index contributed by atoms with van der Waals surface area (Å²) in [7, 11) is 0. The molecular weight excluding hydrogens is 285 g/mol. The van der Waals surface area contributed by atoms with Crippen LogP contribution in [0.2, 0.25) is 0 Å². The average molecular weight is 302 g/mol. The molecule has 1 fully saturated rings. The maximum absolute atomic E-state index is 12.8. The van der Waals surface area contributed by atoms with Gasteiger partial charge in [0.2, 0.25) is 0 Å². The second-order valence-electron chi connectivity index (χ2n) is 4.91. The Morgan fingerprint density at radius 2 is 2.10 bits per heavy atom. The predicted octanol–water partition coefficient (Wildman–Crippen LogP) is 2.44. The molecule has 0 atom stereocenters. The Labute approximate surface area is 120 Å². The number of Topliss-reactive ketones (excluding diaryl/α,β-unsaturated/α-hetero) is 1. The van der Waals surface area contributed by atoms with Gasteiger partial charge in [0.25, 0.3) is 0 Å². The lowest BCUT2D eigenvalue weighted by atomic mass is 10.0. The first-order chi connectivity index (χ1) is 9.98. The van der Waals surface area contributed by atoms with E-state index < -0.39 is 17.5 Å². The van der Waals surface area contributed by atoms with E-state index in [1.807, 2.05) is 0 Å². The van der Waals surface area contributed by atoms with Crippen LogP contribution in [0.1, 0.15) is 35.2 Å². The first-order valence-electron chi connectivity index (χ1n) is 6.85. The van der Waals surface area contributed by atoms with Crippen LogP contribution in [0.3, 0.4) is 0 Å². The standard InChI is InChI=1S/C14H17F3N2O2/c15-14(16,17)12-3-7-19-9-11(12)13(20)4-8-21-10-1-5-18-6-2-10/h3,7,9-10,18H,1-2,4-6,8H2. The smallest absolute Gasteiger partial charge is 0.378 e. The van der Waals surface area contributed by atoms with Crippen molar-refractivity contribution in [2.45, 2.75) is 31.5 Å². The normalized spacial score (nSPS) is 16.9. The van der Waals surface area contributed by atoms with E-state index >= 15 is 0 Å². The van der Waals surface area contributed by atoms with Crippen LogP contribution in [0, 0.1) is 0 Å². The van der Waals surface area contributed by atoms with Gasteiger partial charge in [-0.25, -0.2) is 0 Å². The zero-order valence-electron chi connectivity index (χ0n) is 11.4. The van der Waals surface area contributed by atoms with Gasteiger partial charge in [0.15, 0.2) is 5.78 Å². The minimum Gasteiger partial charge on any atom is -0.378 e. The maximum Gasteiger partial charge on any atom is 0.417 e.